The predicted molar refractivity (Wildman–Crippen MR) is 53.5 cm³/mol. The van der Waals surface area contributed by atoms with Gasteiger partial charge in [-0.3, -0.25) is 0 Å². The molecule has 2 aliphatic rings. The Morgan fingerprint density at radius 3 is 2.33 bits per heavy atom. The normalized spacial score (nSPS) is 19.6. The van der Waals surface area contributed by atoms with Gasteiger partial charge in [0.15, 0.2) is 0 Å². The maximum atomic E-state index is 4.94. The molecule has 0 unspecified atom stereocenters. The molecular formula is C10H16BaO. The van der Waals surface area contributed by atoms with Gasteiger partial charge in [0.25, 0.3) is 0 Å². The Bertz CT molecular complexity index is 161. The van der Waals surface area contributed by atoms with E-state index in [2.05, 4.69) is 19.6 Å². The van der Waals surface area contributed by atoms with Crippen molar-refractivity contribution in [3.05, 3.63) is 18.3 Å². The summed E-state index contributed by atoms with van der Waals surface area (Å²) < 4.78 is 9.14. The first-order valence-electron chi connectivity index (χ1n) is 4.86. The Balaban J connectivity index is 0.000000127. The maximum absolute atomic E-state index is 4.94. The van der Waals surface area contributed by atoms with Gasteiger partial charge in [0, 0.05) is 13.2 Å². The zero-order valence-corrected chi connectivity index (χ0v) is 12.3. The van der Waals surface area contributed by atoms with Crippen LogP contribution in [-0.4, -0.2) is 57.4 Å². The van der Waals surface area contributed by atoms with Gasteiger partial charge < -0.3 is 4.74 Å². The van der Waals surface area contributed by atoms with Crippen molar-refractivity contribution in [1.29, 1.82) is 0 Å². The van der Waals surface area contributed by atoms with Gasteiger partial charge >= 0.3 is 70.3 Å². The molecule has 64 valence electrons. The van der Waals surface area contributed by atoms with Gasteiger partial charge in [0.05, 0.1) is 0 Å². The van der Waals surface area contributed by atoms with E-state index in [0.29, 0.717) is 0 Å². The van der Waals surface area contributed by atoms with Crippen molar-refractivity contribution in [2.75, 3.05) is 13.2 Å². The molecule has 0 bridgehead atoms. The summed E-state index contributed by atoms with van der Waals surface area (Å²) in [6.45, 7) is 2.00. The fourth-order valence-corrected chi connectivity index (χ4v) is 3.86. The Morgan fingerprint density at radius 2 is 2.08 bits per heavy atom. The van der Waals surface area contributed by atoms with Gasteiger partial charge in [0.1, 0.15) is 0 Å². The third-order valence-electron chi connectivity index (χ3n) is 2.13. The minimum absolute atomic E-state index is 0.427. The number of hydrogen-bond donors (Lipinski definition) is 0. The van der Waals surface area contributed by atoms with Crippen LogP contribution in [0, 0.1) is 0 Å². The van der Waals surface area contributed by atoms with Crippen LogP contribution in [0.25, 0.3) is 0 Å². The summed E-state index contributed by atoms with van der Waals surface area (Å²) in [5, 5.41) is 0. The predicted octanol–water partition coefficient (Wildman–Crippen LogP) is 2.38. The van der Waals surface area contributed by atoms with Crippen molar-refractivity contribution in [3.8, 4) is 0 Å². The molecule has 2 rings (SSSR count). The summed E-state index contributed by atoms with van der Waals surface area (Å²) in [7, 11) is 0. The summed E-state index contributed by atoms with van der Waals surface area (Å²) >= 11 is -0.427. The second kappa shape index (κ2) is 7.42. The standard InChI is InChI=1S/C5H5.C4H8O.CH3.Ba/c2*1-2-4-5-3-1;;/h1-3H,4H2;1-4H2;1H3;. The zero-order chi connectivity index (χ0) is 8.65. The summed E-state index contributed by atoms with van der Waals surface area (Å²) in [4.78, 5) is 0. The van der Waals surface area contributed by atoms with Crippen LogP contribution in [0.4, 0.5) is 0 Å². The first kappa shape index (κ1) is 11.1. The third kappa shape index (κ3) is 4.90. The van der Waals surface area contributed by atoms with Gasteiger partial charge in [-0.1, -0.05) is 0 Å². The molecule has 0 radical (unpaired) electrons. The molecule has 0 atom stereocenters. The SMILES string of the molecule is C1CCOC1.[CH3][Ba][C]1=CC=CC1. The van der Waals surface area contributed by atoms with Crippen LogP contribution < -0.4 is 0 Å². The Hall–Kier alpha value is 1.01. The molecule has 1 fully saturated rings. The van der Waals surface area contributed by atoms with Gasteiger partial charge in [-0.2, -0.15) is 0 Å². The minimum atomic E-state index is -0.427. The van der Waals surface area contributed by atoms with Crippen molar-refractivity contribution < 1.29 is 4.74 Å². The van der Waals surface area contributed by atoms with E-state index in [1.165, 1.54) is 19.3 Å². The fraction of sp³-hybridized carbons (Fsp3) is 0.600. The van der Waals surface area contributed by atoms with Crippen molar-refractivity contribution in [3.63, 3.8) is 0 Å². The van der Waals surface area contributed by atoms with Crippen molar-refractivity contribution in [1.82, 2.24) is 0 Å². The summed E-state index contributed by atoms with van der Waals surface area (Å²) in [5.74, 6) is 0. The van der Waals surface area contributed by atoms with Crippen LogP contribution in [0.2, 0.25) is 1.39 Å². The summed E-state index contributed by atoms with van der Waals surface area (Å²) in [6, 6.07) is 0. The third-order valence-corrected chi connectivity index (χ3v) is 6.63. The monoisotopic (exact) mass is 290 g/mol. The molecule has 0 spiro atoms. The molecule has 12 heavy (non-hydrogen) atoms. The van der Waals surface area contributed by atoms with E-state index in [1.807, 2.05) is 0 Å². The number of rotatable bonds is 1. The average Bonchev–Trinajstić information content (AvgIpc) is 2.81. The van der Waals surface area contributed by atoms with Crippen LogP contribution >= 0.6 is 0 Å². The Kier molecular flexibility index (Phi) is 6.85. The number of hydrogen-bond acceptors (Lipinski definition) is 1. The van der Waals surface area contributed by atoms with Gasteiger partial charge in [0.2, 0.25) is 0 Å². The summed E-state index contributed by atoms with van der Waals surface area (Å²) in [5.41, 5.74) is 0. The van der Waals surface area contributed by atoms with Crippen LogP contribution in [0.15, 0.2) is 18.3 Å². The van der Waals surface area contributed by atoms with Gasteiger partial charge in [-0.25, -0.2) is 0 Å². The topological polar surface area (TPSA) is 9.23 Å². The van der Waals surface area contributed by atoms with Crippen molar-refractivity contribution in [2.24, 2.45) is 0 Å². The van der Waals surface area contributed by atoms with Crippen LogP contribution in [-0.2, 0) is 4.74 Å². The second-order valence-electron chi connectivity index (χ2n) is 3.13. The average molecular weight is 290 g/mol. The fourth-order valence-electron chi connectivity index (χ4n) is 1.26. The van der Waals surface area contributed by atoms with Crippen molar-refractivity contribution in [2.45, 2.75) is 20.7 Å². The van der Waals surface area contributed by atoms with E-state index in [1.54, 1.807) is 0.0410 Å². The first-order chi connectivity index (χ1) is 5.93. The van der Waals surface area contributed by atoms with Gasteiger partial charge in [-0.15, -0.1) is 0 Å². The van der Waals surface area contributed by atoms with Crippen LogP contribution in [0.1, 0.15) is 19.3 Å². The molecule has 0 aromatic rings. The second-order valence-corrected chi connectivity index (χ2v) is 8.20. The van der Waals surface area contributed by atoms with E-state index in [4.69, 9.17) is 4.74 Å². The first-order valence-corrected chi connectivity index (χ1v) is 11.5. The molecule has 2 heteroatoms. The molecule has 1 heterocycles. The van der Waals surface area contributed by atoms with E-state index in [-0.39, 0.29) is 0 Å². The molecule has 0 amide bonds. The molecule has 1 saturated heterocycles. The Morgan fingerprint density at radius 1 is 1.33 bits per heavy atom. The number of ether oxygens (including phenoxy) is 1. The van der Waals surface area contributed by atoms with E-state index < -0.39 is 44.2 Å². The molecule has 1 nitrogen and oxygen atoms in total. The van der Waals surface area contributed by atoms with E-state index >= 15 is 0 Å². The van der Waals surface area contributed by atoms with Crippen LogP contribution in [0.5, 0.6) is 0 Å². The summed E-state index contributed by atoms with van der Waals surface area (Å²) in [6.07, 6.45) is 10.6. The molecule has 0 saturated carbocycles. The Labute approximate surface area is 99.6 Å². The molecule has 1 aliphatic heterocycles. The zero-order valence-electron chi connectivity index (χ0n) is 7.88. The molecule has 1 aliphatic carbocycles. The molecular weight excluding hydrogens is 273 g/mol. The van der Waals surface area contributed by atoms with E-state index in [9.17, 15) is 0 Å². The number of allylic oxidation sites excluding steroid dienone is 4. The van der Waals surface area contributed by atoms with Crippen LogP contribution in [0.3, 0.4) is 0 Å². The molecule has 0 N–H and O–H groups in total. The molecule has 0 aromatic carbocycles. The van der Waals surface area contributed by atoms with Gasteiger partial charge in [-0.05, 0) is 12.8 Å². The van der Waals surface area contributed by atoms with Crippen molar-refractivity contribution >= 4 is 44.2 Å². The molecule has 0 aromatic heterocycles. The van der Waals surface area contributed by atoms with E-state index in [0.717, 1.165) is 13.2 Å². The quantitative estimate of drug-likeness (QED) is 0.674.